The summed E-state index contributed by atoms with van der Waals surface area (Å²) in [7, 11) is 0. The van der Waals surface area contributed by atoms with Crippen molar-refractivity contribution in [3.05, 3.63) is 40.7 Å². The largest absolute Gasteiger partial charge is 0.272 e. The van der Waals surface area contributed by atoms with Crippen LogP contribution in [0, 0.1) is 4.77 Å². The number of H-pyrrole nitrogens is 2. The number of hydrogen-bond acceptors (Lipinski definition) is 4. The Balaban J connectivity index is 2.11. The summed E-state index contributed by atoms with van der Waals surface area (Å²) >= 11 is 4.82. The van der Waals surface area contributed by atoms with Gasteiger partial charge in [0, 0.05) is 0 Å². The van der Waals surface area contributed by atoms with Crippen molar-refractivity contribution in [1.29, 1.82) is 0 Å². The highest BCUT2D eigenvalue weighted by Crippen LogP contribution is 2.01. The molecule has 0 radical (unpaired) electrons. The smallest absolute Gasteiger partial charge is 0.238 e. The molecule has 0 saturated carbocycles. The van der Waals surface area contributed by atoms with Gasteiger partial charge in [-0.15, -0.1) is 0 Å². The Morgan fingerprint density at radius 3 is 2.69 bits per heavy atom. The molecule has 1 aromatic carbocycles. The van der Waals surface area contributed by atoms with Crippen LogP contribution in [-0.2, 0) is 0 Å². The molecule has 0 unspecified atom stereocenters. The van der Waals surface area contributed by atoms with Crippen LogP contribution in [0.15, 0.2) is 35.4 Å². The lowest BCUT2D eigenvalue weighted by Gasteiger charge is -2.00. The second-order valence-corrected chi connectivity index (χ2v) is 3.58. The summed E-state index contributed by atoms with van der Waals surface area (Å²) < 4.78 is 0.398. The van der Waals surface area contributed by atoms with Gasteiger partial charge in [-0.05, 0) is 24.7 Å². The minimum Gasteiger partial charge on any atom is -0.272 e. The number of aromatic nitrogens is 3. The summed E-state index contributed by atoms with van der Waals surface area (Å²) in [5.74, 6) is 0.500. The van der Waals surface area contributed by atoms with Gasteiger partial charge < -0.3 is 0 Å². The summed E-state index contributed by atoms with van der Waals surface area (Å²) in [6, 6.07) is 9.89. The molecule has 0 aliphatic heterocycles. The van der Waals surface area contributed by atoms with Crippen LogP contribution in [-0.4, -0.2) is 20.9 Å². The van der Waals surface area contributed by atoms with Crippen LogP contribution in [0.5, 0.6) is 0 Å². The van der Waals surface area contributed by atoms with Gasteiger partial charge in [-0.3, -0.25) is 10.2 Å². The van der Waals surface area contributed by atoms with Crippen LogP contribution in [0.1, 0.15) is 12.5 Å². The first kappa shape index (κ1) is 10.6. The van der Waals surface area contributed by atoms with Crippen molar-refractivity contribution in [3.8, 4) is 0 Å². The van der Waals surface area contributed by atoms with Gasteiger partial charge in [0.15, 0.2) is 0 Å². The zero-order valence-corrected chi connectivity index (χ0v) is 9.51. The Labute approximate surface area is 97.6 Å². The third-order valence-electron chi connectivity index (χ3n) is 2.02. The summed E-state index contributed by atoms with van der Waals surface area (Å²) in [6.45, 7) is 1.92. The van der Waals surface area contributed by atoms with E-state index in [9.17, 15) is 0 Å². The molecular weight excluding hydrogens is 222 g/mol. The Hall–Kier alpha value is -1.95. The fraction of sp³-hybridized carbons (Fsp3) is 0.100. The fourth-order valence-corrected chi connectivity index (χ4v) is 1.35. The summed E-state index contributed by atoms with van der Waals surface area (Å²) in [5.41, 5.74) is 4.72. The minimum absolute atomic E-state index is 0.398. The highest BCUT2D eigenvalue weighted by atomic mass is 32.1. The average Bonchev–Trinajstić information content (AvgIpc) is 2.73. The molecule has 0 spiro atoms. The number of rotatable bonds is 3. The Morgan fingerprint density at radius 2 is 2.06 bits per heavy atom. The van der Waals surface area contributed by atoms with E-state index in [1.165, 1.54) is 0 Å². The Bertz CT molecular complexity index is 540. The van der Waals surface area contributed by atoms with E-state index in [4.69, 9.17) is 12.2 Å². The maximum atomic E-state index is 4.82. The third-order valence-corrected chi connectivity index (χ3v) is 2.22. The molecule has 0 atom stereocenters. The number of anilines is 1. The molecule has 5 nitrogen and oxygen atoms in total. The van der Waals surface area contributed by atoms with E-state index in [-0.39, 0.29) is 0 Å². The van der Waals surface area contributed by atoms with Crippen molar-refractivity contribution in [3.63, 3.8) is 0 Å². The molecule has 0 aliphatic carbocycles. The molecule has 0 bridgehead atoms. The lowest BCUT2D eigenvalue weighted by atomic mass is 10.1. The summed E-state index contributed by atoms with van der Waals surface area (Å²) in [6.07, 6.45) is 0. The zero-order valence-electron chi connectivity index (χ0n) is 8.69. The van der Waals surface area contributed by atoms with E-state index in [0.717, 1.165) is 11.3 Å². The SMILES string of the molecule is C/C(=N/Nc1nc(=S)[nH][nH]1)c1ccccc1. The monoisotopic (exact) mass is 233 g/mol. The first-order valence-electron chi connectivity index (χ1n) is 4.76. The second-order valence-electron chi connectivity index (χ2n) is 3.19. The van der Waals surface area contributed by atoms with E-state index < -0.39 is 0 Å². The lowest BCUT2D eigenvalue weighted by molar-refractivity contribution is 1.07. The van der Waals surface area contributed by atoms with Crippen molar-refractivity contribution >= 4 is 23.9 Å². The maximum Gasteiger partial charge on any atom is 0.238 e. The van der Waals surface area contributed by atoms with Crippen LogP contribution in [0.3, 0.4) is 0 Å². The van der Waals surface area contributed by atoms with Crippen LogP contribution >= 0.6 is 12.2 Å². The fourth-order valence-electron chi connectivity index (χ4n) is 1.20. The predicted octanol–water partition coefficient (Wildman–Crippen LogP) is 2.30. The average molecular weight is 233 g/mol. The number of benzene rings is 1. The van der Waals surface area contributed by atoms with Gasteiger partial charge >= 0.3 is 0 Å². The maximum absolute atomic E-state index is 4.82. The Morgan fingerprint density at radius 1 is 1.31 bits per heavy atom. The van der Waals surface area contributed by atoms with E-state index in [2.05, 4.69) is 25.7 Å². The molecule has 0 amide bonds. The van der Waals surface area contributed by atoms with E-state index in [1.807, 2.05) is 37.3 Å². The number of nitrogens with zero attached hydrogens (tertiary/aromatic N) is 2. The molecule has 1 heterocycles. The van der Waals surface area contributed by atoms with Gasteiger partial charge in [0.25, 0.3) is 0 Å². The van der Waals surface area contributed by atoms with Gasteiger partial charge in [-0.1, -0.05) is 30.3 Å². The van der Waals surface area contributed by atoms with Crippen LogP contribution in [0.2, 0.25) is 0 Å². The normalized spacial score (nSPS) is 11.4. The van der Waals surface area contributed by atoms with E-state index >= 15 is 0 Å². The second kappa shape index (κ2) is 4.71. The molecule has 82 valence electrons. The molecule has 6 heteroatoms. The van der Waals surface area contributed by atoms with Gasteiger partial charge in [-0.2, -0.15) is 10.1 Å². The van der Waals surface area contributed by atoms with Crippen LogP contribution < -0.4 is 5.43 Å². The number of hydrogen-bond donors (Lipinski definition) is 3. The first-order valence-corrected chi connectivity index (χ1v) is 5.17. The summed E-state index contributed by atoms with van der Waals surface area (Å²) in [5, 5.41) is 9.62. The van der Waals surface area contributed by atoms with Crippen molar-refractivity contribution in [2.45, 2.75) is 6.92 Å². The van der Waals surface area contributed by atoms with Gasteiger partial charge in [-0.25, -0.2) is 5.43 Å². The predicted molar refractivity (Wildman–Crippen MR) is 66.0 cm³/mol. The van der Waals surface area contributed by atoms with Crippen molar-refractivity contribution in [2.75, 3.05) is 5.43 Å². The molecular formula is C10H11N5S. The number of hydrazone groups is 1. The standard InChI is InChI=1S/C10H11N5S/c1-7(8-5-3-2-4-6-8)12-13-9-11-10(16)15-14-9/h2-6H,1H3,(H3,11,13,14,15,16)/b12-7-. The molecule has 0 saturated heterocycles. The van der Waals surface area contributed by atoms with E-state index in [1.54, 1.807) is 0 Å². The first-order chi connectivity index (χ1) is 7.75. The molecule has 1 aromatic heterocycles. The van der Waals surface area contributed by atoms with Gasteiger partial charge in [0.05, 0.1) is 5.71 Å². The molecule has 2 aromatic rings. The minimum atomic E-state index is 0.398. The molecule has 0 fully saturated rings. The Kier molecular flexibility index (Phi) is 3.11. The van der Waals surface area contributed by atoms with Gasteiger partial charge in [0.2, 0.25) is 10.7 Å². The van der Waals surface area contributed by atoms with Crippen molar-refractivity contribution in [1.82, 2.24) is 15.2 Å². The third kappa shape index (κ3) is 2.54. The highest BCUT2D eigenvalue weighted by Gasteiger charge is 1.96. The van der Waals surface area contributed by atoms with Crippen LogP contribution in [0.25, 0.3) is 0 Å². The zero-order chi connectivity index (χ0) is 11.4. The topological polar surface area (TPSA) is 68.9 Å². The number of nitrogens with one attached hydrogen (secondary N) is 3. The quantitative estimate of drug-likeness (QED) is 0.433. The molecule has 3 N–H and O–H groups in total. The molecule has 16 heavy (non-hydrogen) atoms. The number of aromatic amines is 2. The van der Waals surface area contributed by atoms with Crippen LogP contribution in [0.4, 0.5) is 5.95 Å². The van der Waals surface area contributed by atoms with Crippen molar-refractivity contribution < 1.29 is 0 Å². The molecule has 0 aliphatic rings. The lowest BCUT2D eigenvalue weighted by Crippen LogP contribution is -2.00. The van der Waals surface area contributed by atoms with Crippen molar-refractivity contribution in [2.24, 2.45) is 5.10 Å². The molecule has 2 rings (SSSR count). The van der Waals surface area contributed by atoms with Gasteiger partial charge in [0.1, 0.15) is 0 Å². The summed E-state index contributed by atoms with van der Waals surface area (Å²) in [4.78, 5) is 3.96. The highest BCUT2D eigenvalue weighted by molar-refractivity contribution is 7.71. The van der Waals surface area contributed by atoms with E-state index in [0.29, 0.717) is 10.7 Å².